The van der Waals surface area contributed by atoms with Gasteiger partial charge in [0.25, 0.3) is 0 Å². The Morgan fingerprint density at radius 2 is 1.97 bits per heavy atom. The van der Waals surface area contributed by atoms with E-state index in [0.717, 1.165) is 30.4 Å². The third kappa shape index (κ3) is 5.71. The highest BCUT2D eigenvalue weighted by Gasteiger charge is 2.27. The van der Waals surface area contributed by atoms with Crippen LogP contribution in [0.2, 0.25) is 0 Å². The number of hydrogen-bond acceptors (Lipinski definition) is 6. The SMILES string of the molecule is CC1CCc2c(sc(NC(=O)CN3CCN(S(=O)(=O)C=Cc4ccccc4)CC3)c2C#N)C1. The van der Waals surface area contributed by atoms with E-state index >= 15 is 0 Å². The first-order valence-corrected chi connectivity index (χ1v) is 13.5. The molecule has 1 amide bonds. The Labute approximate surface area is 199 Å². The Bertz CT molecular complexity index is 1170. The van der Waals surface area contributed by atoms with Crippen molar-refractivity contribution in [3.63, 3.8) is 0 Å². The molecule has 1 N–H and O–H groups in total. The number of nitrogens with zero attached hydrogens (tertiary/aromatic N) is 3. The number of carbonyl (C=O) groups is 1. The van der Waals surface area contributed by atoms with E-state index in [0.29, 0.717) is 42.7 Å². The highest BCUT2D eigenvalue weighted by atomic mass is 32.2. The summed E-state index contributed by atoms with van der Waals surface area (Å²) >= 11 is 1.52. The molecule has 2 heterocycles. The van der Waals surface area contributed by atoms with Crippen molar-refractivity contribution in [3.05, 3.63) is 57.3 Å². The number of nitrogens with one attached hydrogen (secondary N) is 1. The summed E-state index contributed by atoms with van der Waals surface area (Å²) in [5.74, 6) is 0.430. The van der Waals surface area contributed by atoms with Gasteiger partial charge in [0.2, 0.25) is 15.9 Å². The highest BCUT2D eigenvalue weighted by Crippen LogP contribution is 2.39. The van der Waals surface area contributed by atoms with Crippen LogP contribution >= 0.6 is 11.3 Å². The molecule has 1 unspecified atom stereocenters. The van der Waals surface area contributed by atoms with E-state index in [1.807, 2.05) is 35.2 Å². The first-order chi connectivity index (χ1) is 15.9. The summed E-state index contributed by atoms with van der Waals surface area (Å²) in [4.78, 5) is 15.8. The monoisotopic (exact) mass is 484 g/mol. The fourth-order valence-electron chi connectivity index (χ4n) is 4.28. The molecule has 0 bridgehead atoms. The van der Waals surface area contributed by atoms with Crippen molar-refractivity contribution < 1.29 is 13.2 Å². The third-order valence-electron chi connectivity index (χ3n) is 6.17. The molecular weight excluding hydrogens is 456 g/mol. The molecule has 2 aromatic rings. The van der Waals surface area contributed by atoms with E-state index in [1.54, 1.807) is 6.08 Å². The standard InChI is InChI=1S/C24H28N4O3S2/c1-18-7-8-20-21(16-25)24(32-22(20)15-18)26-23(29)17-27-10-12-28(13-11-27)33(30,31)14-9-19-5-3-2-4-6-19/h2-6,9,14,18H,7-8,10-13,15,17H2,1H3,(H,26,29). The quantitative estimate of drug-likeness (QED) is 0.679. The summed E-state index contributed by atoms with van der Waals surface area (Å²) in [5.41, 5.74) is 2.53. The van der Waals surface area contributed by atoms with Crippen LogP contribution in [-0.4, -0.2) is 56.3 Å². The Kier molecular flexibility index (Phi) is 7.29. The number of rotatable bonds is 6. The first kappa shape index (κ1) is 23.6. The fourth-order valence-corrected chi connectivity index (χ4v) is 6.83. The summed E-state index contributed by atoms with van der Waals surface area (Å²) in [6.45, 7) is 4.03. The van der Waals surface area contributed by atoms with Crippen LogP contribution in [0.25, 0.3) is 6.08 Å². The van der Waals surface area contributed by atoms with Gasteiger partial charge in [-0.1, -0.05) is 37.3 Å². The molecule has 1 aliphatic carbocycles. The number of carbonyl (C=O) groups excluding carboxylic acids is 1. The zero-order valence-corrected chi connectivity index (χ0v) is 20.3. The maximum absolute atomic E-state index is 12.7. The molecule has 174 valence electrons. The van der Waals surface area contributed by atoms with Crippen LogP contribution in [0.4, 0.5) is 5.00 Å². The largest absolute Gasteiger partial charge is 0.315 e. The van der Waals surface area contributed by atoms with Gasteiger partial charge in [-0.2, -0.15) is 9.57 Å². The number of piperazine rings is 1. The van der Waals surface area contributed by atoms with Crippen LogP contribution in [0.1, 0.15) is 34.9 Å². The smallest absolute Gasteiger partial charge is 0.239 e. The van der Waals surface area contributed by atoms with Gasteiger partial charge >= 0.3 is 0 Å². The molecule has 0 radical (unpaired) electrons. The number of sulfonamides is 1. The zero-order valence-electron chi connectivity index (χ0n) is 18.7. The molecule has 7 nitrogen and oxygen atoms in total. The first-order valence-electron chi connectivity index (χ1n) is 11.2. The number of amides is 1. The Morgan fingerprint density at radius 3 is 2.67 bits per heavy atom. The third-order valence-corrected chi connectivity index (χ3v) is 8.90. The number of fused-ring (bicyclic) bond motifs is 1. The normalized spacial score (nSPS) is 19.8. The average Bonchev–Trinajstić information content (AvgIpc) is 3.14. The van der Waals surface area contributed by atoms with Crippen molar-refractivity contribution in [2.75, 3.05) is 38.0 Å². The van der Waals surface area contributed by atoms with Crippen molar-refractivity contribution in [1.82, 2.24) is 9.21 Å². The van der Waals surface area contributed by atoms with Gasteiger partial charge in [-0.25, -0.2) is 8.42 Å². The van der Waals surface area contributed by atoms with Crippen LogP contribution in [0.5, 0.6) is 0 Å². The minimum Gasteiger partial charge on any atom is -0.315 e. The van der Waals surface area contributed by atoms with Crippen molar-refractivity contribution in [3.8, 4) is 6.07 Å². The molecule has 33 heavy (non-hydrogen) atoms. The lowest BCUT2D eigenvalue weighted by molar-refractivity contribution is -0.117. The van der Waals surface area contributed by atoms with Crippen LogP contribution < -0.4 is 5.32 Å². The fraction of sp³-hybridized carbons (Fsp3) is 0.417. The molecular formula is C24H28N4O3S2. The number of anilines is 1. The summed E-state index contributed by atoms with van der Waals surface area (Å²) in [7, 11) is -3.51. The second-order valence-electron chi connectivity index (χ2n) is 8.65. The molecule has 4 rings (SSSR count). The Balaban J connectivity index is 1.31. The van der Waals surface area contributed by atoms with E-state index in [4.69, 9.17) is 0 Å². The molecule has 0 saturated carbocycles. The summed E-state index contributed by atoms with van der Waals surface area (Å²) in [6, 6.07) is 11.6. The van der Waals surface area contributed by atoms with Gasteiger partial charge in [-0.05, 0) is 42.4 Å². The van der Waals surface area contributed by atoms with Crippen LogP contribution in [-0.2, 0) is 27.7 Å². The Hall–Kier alpha value is -2.51. The Morgan fingerprint density at radius 1 is 1.24 bits per heavy atom. The lowest BCUT2D eigenvalue weighted by Crippen LogP contribution is -2.49. The van der Waals surface area contributed by atoms with E-state index in [2.05, 4.69) is 18.3 Å². The van der Waals surface area contributed by atoms with Gasteiger partial charge in [-0.15, -0.1) is 11.3 Å². The number of thiophene rings is 1. The zero-order chi connectivity index (χ0) is 23.4. The molecule has 0 spiro atoms. The van der Waals surface area contributed by atoms with E-state index in [1.165, 1.54) is 25.9 Å². The lowest BCUT2D eigenvalue weighted by atomic mass is 9.89. The predicted molar refractivity (Wildman–Crippen MR) is 131 cm³/mol. The molecule has 2 aliphatic rings. The van der Waals surface area contributed by atoms with Crippen molar-refractivity contribution in [1.29, 1.82) is 5.26 Å². The van der Waals surface area contributed by atoms with Gasteiger partial charge < -0.3 is 5.32 Å². The van der Waals surface area contributed by atoms with Gasteiger partial charge in [0, 0.05) is 36.5 Å². The molecule has 1 aliphatic heterocycles. The highest BCUT2D eigenvalue weighted by molar-refractivity contribution is 7.92. The topological polar surface area (TPSA) is 93.5 Å². The van der Waals surface area contributed by atoms with Gasteiger partial charge in [0.05, 0.1) is 12.1 Å². The maximum Gasteiger partial charge on any atom is 0.239 e. The lowest BCUT2D eigenvalue weighted by Gasteiger charge is -2.32. The van der Waals surface area contributed by atoms with Gasteiger partial charge in [0.1, 0.15) is 11.1 Å². The summed E-state index contributed by atoms with van der Waals surface area (Å²) in [6.07, 6.45) is 4.52. The molecule has 1 fully saturated rings. The minimum absolute atomic E-state index is 0.168. The van der Waals surface area contributed by atoms with Crippen molar-refractivity contribution >= 4 is 38.3 Å². The van der Waals surface area contributed by atoms with Crippen LogP contribution in [0, 0.1) is 17.2 Å². The summed E-state index contributed by atoms with van der Waals surface area (Å²) < 4.78 is 26.7. The maximum atomic E-state index is 12.7. The minimum atomic E-state index is -3.51. The second-order valence-corrected chi connectivity index (χ2v) is 11.6. The van der Waals surface area contributed by atoms with Crippen molar-refractivity contribution in [2.45, 2.75) is 26.2 Å². The summed E-state index contributed by atoms with van der Waals surface area (Å²) in [5, 5.41) is 14.4. The number of benzene rings is 1. The van der Waals surface area contributed by atoms with Crippen LogP contribution in [0.15, 0.2) is 35.7 Å². The van der Waals surface area contributed by atoms with E-state index < -0.39 is 10.0 Å². The van der Waals surface area contributed by atoms with E-state index in [9.17, 15) is 18.5 Å². The number of nitriles is 1. The molecule has 1 aromatic heterocycles. The second kappa shape index (κ2) is 10.2. The van der Waals surface area contributed by atoms with Gasteiger partial charge in [-0.3, -0.25) is 9.69 Å². The molecule has 1 atom stereocenters. The molecule has 9 heteroatoms. The molecule has 1 aromatic carbocycles. The molecule has 1 saturated heterocycles. The van der Waals surface area contributed by atoms with E-state index in [-0.39, 0.29) is 12.5 Å². The van der Waals surface area contributed by atoms with Crippen molar-refractivity contribution in [2.24, 2.45) is 5.92 Å². The number of hydrogen-bond donors (Lipinski definition) is 1. The van der Waals surface area contributed by atoms with Crippen LogP contribution in [0.3, 0.4) is 0 Å². The predicted octanol–water partition coefficient (Wildman–Crippen LogP) is 3.30. The average molecular weight is 485 g/mol. The van der Waals surface area contributed by atoms with Gasteiger partial charge in [0.15, 0.2) is 0 Å².